The van der Waals surface area contributed by atoms with Gasteiger partial charge in [0.1, 0.15) is 0 Å². The smallest absolute Gasteiger partial charge is 0.291 e. The normalized spacial score (nSPS) is 10.5. The predicted molar refractivity (Wildman–Crippen MR) is 88.4 cm³/mol. The van der Waals surface area contributed by atoms with Gasteiger partial charge in [0.15, 0.2) is 17.1 Å². The van der Waals surface area contributed by atoms with Crippen molar-refractivity contribution in [2.75, 3.05) is 11.9 Å². The Kier molecular flexibility index (Phi) is 4.15. The number of ether oxygens (including phenoxy) is 1. The fourth-order valence-electron chi connectivity index (χ4n) is 2.31. The summed E-state index contributed by atoms with van der Waals surface area (Å²) in [5.74, 6) is 0.169. The Bertz CT molecular complexity index is 916. The number of hydrogen-bond acceptors (Lipinski definition) is 5. The van der Waals surface area contributed by atoms with E-state index >= 15 is 0 Å². The van der Waals surface area contributed by atoms with Gasteiger partial charge in [0.25, 0.3) is 11.6 Å². The van der Waals surface area contributed by atoms with Crippen LogP contribution < -0.4 is 10.1 Å². The van der Waals surface area contributed by atoms with Gasteiger partial charge in [-0.25, -0.2) is 0 Å². The number of carbonyl (C=O) groups is 1. The molecule has 0 saturated heterocycles. The molecule has 0 unspecified atom stereocenters. The van der Waals surface area contributed by atoms with Crippen LogP contribution >= 0.6 is 0 Å². The van der Waals surface area contributed by atoms with E-state index in [2.05, 4.69) is 5.32 Å². The van der Waals surface area contributed by atoms with E-state index in [4.69, 9.17) is 9.15 Å². The lowest BCUT2D eigenvalue weighted by atomic mass is 10.2. The third kappa shape index (κ3) is 3.05. The van der Waals surface area contributed by atoms with E-state index in [0.717, 1.165) is 5.39 Å². The van der Waals surface area contributed by atoms with Crippen LogP contribution in [0, 0.1) is 10.1 Å². The SMILES string of the molecule is CCOc1cccc2cc(C(=O)Nc3cccc([N+](=O)[O-])c3)oc12. The number of anilines is 1. The van der Waals surface area contributed by atoms with E-state index in [1.165, 1.54) is 18.2 Å². The third-order valence-corrected chi connectivity index (χ3v) is 3.35. The molecule has 1 aromatic heterocycles. The minimum Gasteiger partial charge on any atom is -0.490 e. The summed E-state index contributed by atoms with van der Waals surface area (Å²) in [7, 11) is 0. The first-order valence-corrected chi connectivity index (χ1v) is 7.29. The number of nitro benzene ring substituents is 1. The Morgan fingerprint density at radius 2 is 2.04 bits per heavy atom. The van der Waals surface area contributed by atoms with Gasteiger partial charge in [0, 0.05) is 23.2 Å². The molecule has 0 saturated carbocycles. The molecule has 0 spiro atoms. The van der Waals surface area contributed by atoms with Gasteiger partial charge >= 0.3 is 0 Å². The number of para-hydroxylation sites is 1. The first kappa shape index (κ1) is 15.5. The van der Waals surface area contributed by atoms with Crippen molar-refractivity contribution in [3.8, 4) is 5.75 Å². The van der Waals surface area contributed by atoms with Crippen LogP contribution in [0.4, 0.5) is 11.4 Å². The number of non-ortho nitro benzene ring substituents is 1. The van der Waals surface area contributed by atoms with Crippen molar-refractivity contribution in [3.05, 3.63) is 64.4 Å². The number of carbonyl (C=O) groups excluding carboxylic acids is 1. The number of furan rings is 1. The maximum Gasteiger partial charge on any atom is 0.291 e. The molecule has 0 aliphatic heterocycles. The topological polar surface area (TPSA) is 94.6 Å². The standard InChI is InChI=1S/C17H14N2O5/c1-2-23-14-8-3-5-11-9-15(24-16(11)14)17(20)18-12-6-4-7-13(10-12)19(21)22/h3-10H,2H2,1H3,(H,18,20). The van der Waals surface area contributed by atoms with Crippen LogP contribution in [-0.4, -0.2) is 17.4 Å². The second kappa shape index (κ2) is 6.41. The predicted octanol–water partition coefficient (Wildman–Crippen LogP) is 3.99. The molecular weight excluding hydrogens is 312 g/mol. The Labute approximate surface area is 137 Å². The first-order valence-electron chi connectivity index (χ1n) is 7.29. The van der Waals surface area contributed by atoms with E-state index in [1.807, 2.05) is 19.1 Å². The van der Waals surface area contributed by atoms with Crippen molar-refractivity contribution in [2.45, 2.75) is 6.92 Å². The summed E-state index contributed by atoms with van der Waals surface area (Å²) in [6.07, 6.45) is 0. The van der Waals surface area contributed by atoms with Crippen molar-refractivity contribution in [3.63, 3.8) is 0 Å². The van der Waals surface area contributed by atoms with Crippen molar-refractivity contribution in [2.24, 2.45) is 0 Å². The molecular formula is C17H14N2O5. The first-order chi connectivity index (χ1) is 11.6. The average Bonchev–Trinajstić information content (AvgIpc) is 3.01. The second-order valence-electron chi connectivity index (χ2n) is 4.98. The summed E-state index contributed by atoms with van der Waals surface area (Å²) in [4.78, 5) is 22.6. The number of rotatable bonds is 5. The molecule has 0 aliphatic rings. The zero-order valence-electron chi connectivity index (χ0n) is 12.8. The lowest BCUT2D eigenvalue weighted by Gasteiger charge is -2.03. The summed E-state index contributed by atoms with van der Waals surface area (Å²) in [5, 5.41) is 14.1. The van der Waals surface area contributed by atoms with Crippen molar-refractivity contribution in [1.29, 1.82) is 0 Å². The van der Waals surface area contributed by atoms with Crippen LogP contribution in [0.15, 0.2) is 52.9 Å². The van der Waals surface area contributed by atoms with Crippen LogP contribution in [0.5, 0.6) is 5.75 Å². The molecule has 0 fully saturated rings. The molecule has 7 heteroatoms. The van der Waals surface area contributed by atoms with Gasteiger partial charge < -0.3 is 14.5 Å². The van der Waals surface area contributed by atoms with Crippen LogP contribution in [0.2, 0.25) is 0 Å². The molecule has 0 bridgehead atoms. The van der Waals surface area contributed by atoms with Crippen LogP contribution in [0.3, 0.4) is 0 Å². The summed E-state index contributed by atoms with van der Waals surface area (Å²) in [5.41, 5.74) is 0.708. The summed E-state index contributed by atoms with van der Waals surface area (Å²) < 4.78 is 11.1. The Morgan fingerprint density at radius 1 is 1.25 bits per heavy atom. The second-order valence-corrected chi connectivity index (χ2v) is 4.98. The fraction of sp³-hybridized carbons (Fsp3) is 0.118. The molecule has 24 heavy (non-hydrogen) atoms. The minimum atomic E-state index is -0.523. The zero-order chi connectivity index (χ0) is 17.1. The molecule has 7 nitrogen and oxygen atoms in total. The molecule has 1 heterocycles. The molecule has 1 N–H and O–H groups in total. The summed E-state index contributed by atoms with van der Waals surface area (Å²) in [6.45, 7) is 2.34. The van der Waals surface area contributed by atoms with Crippen LogP contribution in [-0.2, 0) is 0 Å². The number of nitro groups is 1. The molecule has 0 radical (unpaired) electrons. The Hall–Kier alpha value is -3.35. The Balaban J connectivity index is 1.87. The van der Waals surface area contributed by atoms with Gasteiger partial charge in [-0.05, 0) is 25.1 Å². The molecule has 3 rings (SSSR count). The van der Waals surface area contributed by atoms with Gasteiger partial charge in [-0.3, -0.25) is 14.9 Å². The van der Waals surface area contributed by atoms with Crippen molar-refractivity contribution < 1.29 is 18.9 Å². The van der Waals surface area contributed by atoms with E-state index in [1.54, 1.807) is 18.2 Å². The van der Waals surface area contributed by atoms with E-state index in [9.17, 15) is 14.9 Å². The minimum absolute atomic E-state index is 0.101. The molecule has 0 atom stereocenters. The quantitative estimate of drug-likeness (QED) is 0.565. The van der Waals surface area contributed by atoms with Gasteiger partial charge in [-0.2, -0.15) is 0 Å². The highest BCUT2D eigenvalue weighted by Gasteiger charge is 2.16. The molecule has 1 amide bonds. The monoisotopic (exact) mass is 326 g/mol. The highest BCUT2D eigenvalue weighted by molar-refractivity contribution is 6.05. The van der Waals surface area contributed by atoms with E-state index in [0.29, 0.717) is 23.6 Å². The zero-order valence-corrected chi connectivity index (χ0v) is 12.8. The molecule has 0 aliphatic carbocycles. The number of fused-ring (bicyclic) bond motifs is 1. The van der Waals surface area contributed by atoms with Gasteiger partial charge in [0.05, 0.1) is 11.5 Å². The van der Waals surface area contributed by atoms with E-state index in [-0.39, 0.29) is 11.4 Å². The average molecular weight is 326 g/mol. The maximum absolute atomic E-state index is 12.3. The summed E-state index contributed by atoms with van der Waals surface area (Å²) >= 11 is 0. The number of amides is 1. The van der Waals surface area contributed by atoms with Crippen molar-refractivity contribution in [1.82, 2.24) is 0 Å². The number of benzene rings is 2. The van der Waals surface area contributed by atoms with Gasteiger partial charge in [-0.15, -0.1) is 0 Å². The number of nitrogens with zero attached hydrogens (tertiary/aromatic N) is 1. The van der Waals surface area contributed by atoms with Crippen LogP contribution in [0.25, 0.3) is 11.0 Å². The van der Waals surface area contributed by atoms with Gasteiger partial charge in [-0.1, -0.05) is 18.2 Å². The lowest BCUT2D eigenvalue weighted by molar-refractivity contribution is -0.384. The third-order valence-electron chi connectivity index (χ3n) is 3.35. The van der Waals surface area contributed by atoms with E-state index < -0.39 is 10.8 Å². The summed E-state index contributed by atoms with van der Waals surface area (Å²) in [6, 6.07) is 12.7. The van der Waals surface area contributed by atoms with Crippen LogP contribution in [0.1, 0.15) is 17.5 Å². The number of hydrogen-bond donors (Lipinski definition) is 1. The fourth-order valence-corrected chi connectivity index (χ4v) is 2.31. The molecule has 122 valence electrons. The number of nitrogens with one attached hydrogen (secondary N) is 1. The largest absolute Gasteiger partial charge is 0.490 e. The molecule has 2 aromatic carbocycles. The highest BCUT2D eigenvalue weighted by Crippen LogP contribution is 2.29. The highest BCUT2D eigenvalue weighted by atomic mass is 16.6. The lowest BCUT2D eigenvalue weighted by Crippen LogP contribution is -2.10. The maximum atomic E-state index is 12.3. The Morgan fingerprint density at radius 3 is 2.79 bits per heavy atom. The van der Waals surface area contributed by atoms with Gasteiger partial charge in [0.2, 0.25) is 0 Å². The van der Waals surface area contributed by atoms with Crippen molar-refractivity contribution >= 4 is 28.3 Å². The molecule has 3 aromatic rings.